The molecule has 9 nitrogen and oxygen atoms in total. The molecular formula is C14H17N3O6. The molecule has 0 unspecified atom stereocenters. The average molecular weight is 323 g/mol. The first-order valence-corrected chi connectivity index (χ1v) is 7.08. The lowest BCUT2D eigenvalue weighted by Gasteiger charge is -2.17. The Morgan fingerprint density at radius 2 is 2.13 bits per heavy atom. The third-order valence-corrected chi connectivity index (χ3v) is 3.65. The smallest absolute Gasteiger partial charge is 0.351 e. The molecule has 0 radical (unpaired) electrons. The molecule has 3 heterocycles. The molecule has 9 heteroatoms. The Morgan fingerprint density at radius 3 is 2.74 bits per heavy atom. The molecule has 0 bridgehead atoms. The van der Waals surface area contributed by atoms with Gasteiger partial charge in [0.25, 0.3) is 0 Å². The van der Waals surface area contributed by atoms with Crippen LogP contribution in [0.2, 0.25) is 0 Å². The van der Waals surface area contributed by atoms with E-state index in [1.165, 1.54) is 6.20 Å². The fourth-order valence-corrected chi connectivity index (χ4v) is 2.41. The highest BCUT2D eigenvalue weighted by Gasteiger charge is 2.43. The van der Waals surface area contributed by atoms with Gasteiger partial charge in [0, 0.05) is 6.20 Å². The predicted octanol–water partition coefficient (Wildman–Crippen LogP) is -0.940. The summed E-state index contributed by atoms with van der Waals surface area (Å²) >= 11 is 0. The standard InChI is InChI=1S/C14H17N3O6/c18-7-9-11(19)12(20)13(23-9)17-4-3-10(16-14(17)21)15-6-8-2-1-5-22-8/h1-5,9,11-13,18-20H,6-7H2,(H,15,16,21)/t9-,11+,12-,13-/m0/s1. The molecule has 2 aromatic rings. The zero-order valence-electron chi connectivity index (χ0n) is 12.1. The average Bonchev–Trinajstić information content (AvgIpc) is 3.16. The zero-order valence-corrected chi connectivity index (χ0v) is 12.1. The van der Waals surface area contributed by atoms with E-state index in [9.17, 15) is 15.0 Å². The van der Waals surface area contributed by atoms with Crippen molar-refractivity contribution in [2.45, 2.75) is 31.1 Å². The number of aliphatic hydroxyl groups is 3. The lowest BCUT2D eigenvalue weighted by atomic mass is 10.1. The van der Waals surface area contributed by atoms with Gasteiger partial charge in [-0.25, -0.2) is 4.79 Å². The number of furan rings is 1. The predicted molar refractivity (Wildman–Crippen MR) is 77.5 cm³/mol. The summed E-state index contributed by atoms with van der Waals surface area (Å²) in [6.45, 7) is -0.0863. The maximum Gasteiger partial charge on any atom is 0.351 e. The van der Waals surface area contributed by atoms with Gasteiger partial charge in [0.1, 0.15) is 29.9 Å². The first kappa shape index (κ1) is 15.7. The first-order chi connectivity index (χ1) is 11.1. The topological polar surface area (TPSA) is 130 Å². The minimum absolute atomic E-state index is 0.342. The normalized spacial score (nSPS) is 27.3. The fraction of sp³-hybridized carbons (Fsp3) is 0.429. The number of hydrogen-bond acceptors (Lipinski definition) is 8. The molecular weight excluding hydrogens is 306 g/mol. The van der Waals surface area contributed by atoms with E-state index < -0.39 is 36.8 Å². The van der Waals surface area contributed by atoms with Gasteiger partial charge < -0.3 is 29.8 Å². The first-order valence-electron chi connectivity index (χ1n) is 7.08. The minimum Gasteiger partial charge on any atom is -0.467 e. The molecule has 1 saturated heterocycles. The molecule has 1 aliphatic heterocycles. The van der Waals surface area contributed by atoms with Gasteiger partial charge >= 0.3 is 5.69 Å². The van der Waals surface area contributed by atoms with Crippen LogP contribution < -0.4 is 11.0 Å². The van der Waals surface area contributed by atoms with Crippen molar-refractivity contribution in [1.29, 1.82) is 0 Å². The summed E-state index contributed by atoms with van der Waals surface area (Å²) in [5.74, 6) is 1.04. The number of rotatable bonds is 5. The van der Waals surface area contributed by atoms with Crippen molar-refractivity contribution in [2.24, 2.45) is 0 Å². The number of ether oxygens (including phenoxy) is 1. The maximum absolute atomic E-state index is 12.1. The Bertz CT molecular complexity index is 701. The second-order valence-corrected chi connectivity index (χ2v) is 5.16. The van der Waals surface area contributed by atoms with Crippen molar-refractivity contribution in [1.82, 2.24) is 9.55 Å². The lowest BCUT2D eigenvalue weighted by molar-refractivity contribution is -0.0549. The number of hydrogen-bond donors (Lipinski definition) is 4. The summed E-state index contributed by atoms with van der Waals surface area (Å²) in [5.41, 5.74) is -0.649. The second-order valence-electron chi connectivity index (χ2n) is 5.16. The van der Waals surface area contributed by atoms with Crippen molar-refractivity contribution in [2.75, 3.05) is 11.9 Å². The number of nitrogens with one attached hydrogen (secondary N) is 1. The molecule has 124 valence electrons. The van der Waals surface area contributed by atoms with Gasteiger partial charge in [0.2, 0.25) is 0 Å². The minimum atomic E-state index is -1.33. The van der Waals surface area contributed by atoms with E-state index in [1.807, 2.05) is 0 Å². The summed E-state index contributed by atoms with van der Waals surface area (Å²) in [6.07, 6.45) is -1.69. The molecule has 1 aliphatic rings. The third kappa shape index (κ3) is 3.13. The van der Waals surface area contributed by atoms with E-state index >= 15 is 0 Å². The highest BCUT2D eigenvalue weighted by molar-refractivity contribution is 5.32. The number of anilines is 1. The summed E-state index contributed by atoms with van der Waals surface area (Å²) < 4.78 is 11.5. The molecule has 0 saturated carbocycles. The van der Waals surface area contributed by atoms with Crippen LogP contribution in [0.5, 0.6) is 0 Å². The van der Waals surface area contributed by atoms with Gasteiger partial charge in [-0.05, 0) is 18.2 Å². The van der Waals surface area contributed by atoms with E-state index in [-0.39, 0.29) is 0 Å². The van der Waals surface area contributed by atoms with Crippen molar-refractivity contribution in [3.8, 4) is 0 Å². The maximum atomic E-state index is 12.1. The van der Waals surface area contributed by atoms with Gasteiger partial charge in [-0.15, -0.1) is 0 Å². The second kappa shape index (κ2) is 6.50. The molecule has 0 aromatic carbocycles. The monoisotopic (exact) mass is 323 g/mol. The molecule has 0 amide bonds. The van der Waals surface area contributed by atoms with Crippen molar-refractivity contribution >= 4 is 5.82 Å². The van der Waals surface area contributed by atoms with Crippen molar-refractivity contribution < 1.29 is 24.5 Å². The van der Waals surface area contributed by atoms with Crippen LogP contribution in [-0.4, -0.2) is 49.8 Å². The lowest BCUT2D eigenvalue weighted by Crippen LogP contribution is -2.36. The highest BCUT2D eigenvalue weighted by atomic mass is 16.6. The van der Waals surface area contributed by atoms with E-state index in [2.05, 4.69) is 10.3 Å². The van der Waals surface area contributed by atoms with Crippen LogP contribution in [0, 0.1) is 0 Å². The Morgan fingerprint density at radius 1 is 1.30 bits per heavy atom. The van der Waals surface area contributed by atoms with Gasteiger partial charge in [-0.2, -0.15) is 4.98 Å². The summed E-state index contributed by atoms with van der Waals surface area (Å²) in [7, 11) is 0. The van der Waals surface area contributed by atoms with Gasteiger partial charge in [0.05, 0.1) is 19.4 Å². The number of aromatic nitrogens is 2. The molecule has 23 heavy (non-hydrogen) atoms. The van der Waals surface area contributed by atoms with Crippen LogP contribution in [0.4, 0.5) is 5.82 Å². The number of nitrogens with zero attached hydrogens (tertiary/aromatic N) is 2. The Hall–Kier alpha value is -2.20. The quantitative estimate of drug-likeness (QED) is 0.555. The SMILES string of the molecule is O=c1nc(NCc2ccco2)ccn1[C@H]1O[C@@H](CO)[C@@H](O)[C@@H]1O. The van der Waals surface area contributed by atoms with Crippen LogP contribution in [-0.2, 0) is 11.3 Å². The van der Waals surface area contributed by atoms with E-state index in [0.29, 0.717) is 18.1 Å². The van der Waals surface area contributed by atoms with Crippen LogP contribution in [0.1, 0.15) is 12.0 Å². The molecule has 4 atom stereocenters. The van der Waals surface area contributed by atoms with Gasteiger partial charge in [-0.3, -0.25) is 4.57 Å². The molecule has 3 rings (SSSR count). The van der Waals surface area contributed by atoms with Crippen molar-refractivity contribution in [3.05, 3.63) is 46.9 Å². The van der Waals surface area contributed by atoms with Crippen LogP contribution in [0.25, 0.3) is 0 Å². The Kier molecular flexibility index (Phi) is 4.44. The van der Waals surface area contributed by atoms with Crippen LogP contribution in [0.3, 0.4) is 0 Å². The highest BCUT2D eigenvalue weighted by Crippen LogP contribution is 2.28. The Labute approximate surface area is 130 Å². The van der Waals surface area contributed by atoms with Gasteiger partial charge in [-0.1, -0.05) is 0 Å². The van der Waals surface area contributed by atoms with E-state index in [1.54, 1.807) is 24.5 Å². The summed E-state index contributed by atoms with van der Waals surface area (Å²) in [5, 5.41) is 31.7. The number of aliphatic hydroxyl groups excluding tert-OH is 3. The largest absolute Gasteiger partial charge is 0.467 e. The Balaban J connectivity index is 1.73. The van der Waals surface area contributed by atoms with Gasteiger partial charge in [0.15, 0.2) is 6.23 Å². The fourth-order valence-electron chi connectivity index (χ4n) is 2.41. The molecule has 2 aromatic heterocycles. The molecule has 0 spiro atoms. The van der Waals surface area contributed by atoms with Crippen LogP contribution >= 0.6 is 0 Å². The van der Waals surface area contributed by atoms with E-state index in [0.717, 1.165) is 4.57 Å². The van der Waals surface area contributed by atoms with Crippen molar-refractivity contribution in [3.63, 3.8) is 0 Å². The molecule has 4 N–H and O–H groups in total. The van der Waals surface area contributed by atoms with Crippen LogP contribution in [0.15, 0.2) is 39.9 Å². The molecule has 0 aliphatic carbocycles. The summed E-state index contributed by atoms with van der Waals surface area (Å²) in [4.78, 5) is 15.9. The zero-order chi connectivity index (χ0) is 16.4. The summed E-state index contributed by atoms with van der Waals surface area (Å²) in [6, 6.07) is 5.08. The molecule has 1 fully saturated rings. The third-order valence-electron chi connectivity index (χ3n) is 3.65. The van der Waals surface area contributed by atoms with E-state index in [4.69, 9.17) is 14.3 Å².